The van der Waals surface area contributed by atoms with E-state index in [9.17, 15) is 0 Å². The fraction of sp³-hybridized carbons (Fsp3) is 0. The van der Waals surface area contributed by atoms with Gasteiger partial charge >= 0.3 is 81.6 Å². The van der Waals surface area contributed by atoms with Gasteiger partial charge in [0.2, 0.25) is 0 Å². The van der Waals surface area contributed by atoms with Crippen LogP contribution >= 0.6 is 12.4 Å². The monoisotopic (exact) mass is 182 g/mol. The van der Waals surface area contributed by atoms with Gasteiger partial charge in [-0.3, -0.25) is 0 Å². The van der Waals surface area contributed by atoms with Crippen molar-refractivity contribution in [1.29, 1.82) is 0 Å². The first-order chi connectivity index (χ1) is 1.73. The third kappa shape index (κ3) is 69.1. The van der Waals surface area contributed by atoms with Crippen molar-refractivity contribution < 1.29 is 15.0 Å². The fourth-order valence-electron chi connectivity index (χ4n) is 0. The van der Waals surface area contributed by atoms with E-state index in [0.717, 1.165) is 0 Å². The summed E-state index contributed by atoms with van der Waals surface area (Å²) >= 11 is 0. The molecule has 0 aromatic carbocycles. The zero-order chi connectivity index (χ0) is 3.58. The van der Waals surface area contributed by atoms with Gasteiger partial charge in [0, 0.05) is 0 Å². The number of carboxylic acid groups (broad SMARTS) is 2. The molecule has 6 heteroatoms. The van der Waals surface area contributed by atoms with Crippen LogP contribution in [-0.2, 0) is 0 Å². The van der Waals surface area contributed by atoms with E-state index in [1.165, 1.54) is 0 Å². The Kier molecular flexibility index (Phi) is 51.5. The molecule has 0 aliphatic heterocycles. The van der Waals surface area contributed by atoms with E-state index in [0.29, 0.717) is 0 Å². The molecule has 0 aliphatic carbocycles. The Hall–Kier alpha value is 2.08. The molecular weight excluding hydrogens is 176 g/mol. The molecule has 0 radical (unpaired) electrons. The van der Waals surface area contributed by atoms with Gasteiger partial charge in [-0.2, -0.15) is 0 Å². The topological polar surface area (TPSA) is 57.5 Å². The molecule has 0 aromatic rings. The summed E-state index contributed by atoms with van der Waals surface area (Å²) in [6.45, 7) is 0. The van der Waals surface area contributed by atoms with Crippen LogP contribution in [-0.4, -0.2) is 91.8 Å². The molecule has 2 N–H and O–H groups in total. The predicted octanol–water partition coefficient (Wildman–Crippen LogP) is -1.19. The summed E-state index contributed by atoms with van der Waals surface area (Å²) in [5.74, 6) is 0. The number of carbonyl (C=O) groups is 1. The SMILES string of the molecule is Cl.O=C(O)O.[CaH2].[CaH2]. The van der Waals surface area contributed by atoms with E-state index in [1.807, 2.05) is 0 Å². The van der Waals surface area contributed by atoms with Gasteiger partial charge in [-0.25, -0.2) is 4.79 Å². The number of hydrogen-bond donors (Lipinski definition) is 2. The Morgan fingerprint density at radius 3 is 1.14 bits per heavy atom. The van der Waals surface area contributed by atoms with Crippen molar-refractivity contribution >= 4 is 94.0 Å². The third-order valence-electron chi connectivity index (χ3n) is 0. The summed E-state index contributed by atoms with van der Waals surface area (Å²) in [5, 5.41) is 13.9. The Morgan fingerprint density at radius 2 is 1.14 bits per heavy atom. The van der Waals surface area contributed by atoms with E-state index in [-0.39, 0.29) is 87.9 Å². The van der Waals surface area contributed by atoms with Crippen molar-refractivity contribution in [1.82, 2.24) is 0 Å². The molecule has 0 spiro atoms. The van der Waals surface area contributed by atoms with Gasteiger partial charge in [0.15, 0.2) is 0 Å². The average Bonchev–Trinajstić information content (AvgIpc) is 0.811. The van der Waals surface area contributed by atoms with Gasteiger partial charge in [-0.15, -0.1) is 12.4 Å². The van der Waals surface area contributed by atoms with Crippen LogP contribution in [0.5, 0.6) is 0 Å². The average molecular weight is 183 g/mol. The first-order valence-corrected chi connectivity index (χ1v) is 0.651. The van der Waals surface area contributed by atoms with Crippen LogP contribution in [0.2, 0.25) is 0 Å². The maximum atomic E-state index is 8.56. The number of hydrogen-bond acceptors (Lipinski definition) is 1. The van der Waals surface area contributed by atoms with E-state index in [2.05, 4.69) is 0 Å². The van der Waals surface area contributed by atoms with Crippen LogP contribution in [0.3, 0.4) is 0 Å². The summed E-state index contributed by atoms with van der Waals surface area (Å²) in [6, 6.07) is 0. The van der Waals surface area contributed by atoms with Gasteiger partial charge < -0.3 is 10.2 Å². The van der Waals surface area contributed by atoms with E-state index in [4.69, 9.17) is 15.0 Å². The van der Waals surface area contributed by atoms with Gasteiger partial charge in [-0.05, 0) is 0 Å². The normalized spacial score (nSPS) is 3.43. The standard InChI is InChI=1S/CH2O3.2Ca.ClH.4H/c2-1(3)4;;;;;;;/h(H2,2,3,4);;;1H;;;;. The van der Waals surface area contributed by atoms with Crippen LogP contribution in [0.15, 0.2) is 0 Å². The Labute approximate surface area is 107 Å². The third-order valence-corrected chi connectivity index (χ3v) is 0. The van der Waals surface area contributed by atoms with Crippen molar-refractivity contribution in [2.45, 2.75) is 0 Å². The first kappa shape index (κ1) is 23.0. The minimum absolute atomic E-state index is 0. The zero-order valence-corrected chi connectivity index (χ0v) is 3.03. The molecule has 0 unspecified atom stereocenters. The Morgan fingerprint density at radius 1 is 1.14 bits per heavy atom. The second kappa shape index (κ2) is 15.7. The molecule has 0 saturated heterocycles. The minimum atomic E-state index is -1.83. The second-order valence-electron chi connectivity index (χ2n) is 0.283. The summed E-state index contributed by atoms with van der Waals surface area (Å²) in [7, 11) is 0. The molecule has 0 heterocycles. The molecule has 0 fully saturated rings. The number of rotatable bonds is 0. The molecule has 0 aliphatic rings. The predicted molar refractivity (Wildman–Crippen MR) is 35.0 cm³/mol. The van der Waals surface area contributed by atoms with Crippen molar-refractivity contribution in [3.63, 3.8) is 0 Å². The molecule has 7 heavy (non-hydrogen) atoms. The van der Waals surface area contributed by atoms with Crippen LogP contribution in [0.1, 0.15) is 0 Å². The summed E-state index contributed by atoms with van der Waals surface area (Å²) in [4.78, 5) is 8.56. The van der Waals surface area contributed by atoms with E-state index in [1.54, 1.807) is 0 Å². The van der Waals surface area contributed by atoms with Crippen molar-refractivity contribution in [2.75, 3.05) is 0 Å². The fourth-order valence-corrected chi connectivity index (χ4v) is 0. The number of halogens is 1. The molecule has 0 bridgehead atoms. The summed E-state index contributed by atoms with van der Waals surface area (Å²) in [5.41, 5.74) is 0. The molecule has 40 valence electrons. The molecule has 3 nitrogen and oxygen atoms in total. The zero-order valence-electron chi connectivity index (χ0n) is 2.21. The first-order valence-electron chi connectivity index (χ1n) is 0.651. The van der Waals surface area contributed by atoms with Crippen LogP contribution in [0.25, 0.3) is 0 Å². The van der Waals surface area contributed by atoms with Crippen molar-refractivity contribution in [3.05, 3.63) is 0 Å². The molecule has 0 amide bonds. The molecule has 0 atom stereocenters. The van der Waals surface area contributed by atoms with Gasteiger partial charge in [0.1, 0.15) is 0 Å². The van der Waals surface area contributed by atoms with Gasteiger partial charge in [0.25, 0.3) is 0 Å². The second-order valence-corrected chi connectivity index (χ2v) is 0.283. The van der Waals surface area contributed by atoms with Crippen molar-refractivity contribution in [3.8, 4) is 0 Å². The molecule has 0 rings (SSSR count). The Bertz CT molecular complexity index is 35.9. The summed E-state index contributed by atoms with van der Waals surface area (Å²) in [6.07, 6.45) is -1.83. The summed E-state index contributed by atoms with van der Waals surface area (Å²) < 4.78 is 0. The van der Waals surface area contributed by atoms with E-state index < -0.39 is 6.16 Å². The van der Waals surface area contributed by atoms with Crippen LogP contribution in [0, 0.1) is 0 Å². The van der Waals surface area contributed by atoms with Crippen LogP contribution < -0.4 is 0 Å². The molecule has 0 aromatic heterocycles. The molecule has 0 saturated carbocycles. The maximum absolute atomic E-state index is 8.56. The van der Waals surface area contributed by atoms with Gasteiger partial charge in [0.05, 0.1) is 0 Å². The quantitative estimate of drug-likeness (QED) is 0.464. The Balaban J connectivity index is -0.0000000150. The van der Waals surface area contributed by atoms with Crippen LogP contribution in [0.4, 0.5) is 4.79 Å². The van der Waals surface area contributed by atoms with E-state index >= 15 is 0 Å². The molecular formula is CH7Ca2ClO3. The van der Waals surface area contributed by atoms with Crippen molar-refractivity contribution in [2.24, 2.45) is 0 Å². The van der Waals surface area contributed by atoms with Gasteiger partial charge in [-0.1, -0.05) is 0 Å².